The molecule has 1 saturated heterocycles. The number of nitrogens with one attached hydrogen (secondary N) is 2. The quantitative estimate of drug-likeness (QED) is 0.599. The molecule has 2 aliphatic rings. The lowest BCUT2D eigenvalue weighted by molar-refractivity contribution is 0.160. The minimum absolute atomic E-state index is 0.232. The second kappa shape index (κ2) is 10.2. The minimum atomic E-state index is -0.424. The van der Waals surface area contributed by atoms with Gasteiger partial charge in [0.2, 0.25) is 0 Å². The number of aromatic nitrogens is 2. The Labute approximate surface area is 188 Å². The van der Waals surface area contributed by atoms with Crippen LogP contribution in [0.1, 0.15) is 25.3 Å². The van der Waals surface area contributed by atoms with Crippen LogP contribution in [0, 0.1) is 5.92 Å². The van der Waals surface area contributed by atoms with Crippen molar-refractivity contribution in [2.24, 2.45) is 11.7 Å². The maximum Gasteiger partial charge on any atom is 0.354 e. The zero-order chi connectivity index (χ0) is 22.5. The molecular formula is C23H33N7O2. The van der Waals surface area contributed by atoms with Crippen molar-refractivity contribution in [2.45, 2.75) is 32.4 Å². The van der Waals surface area contributed by atoms with E-state index in [4.69, 9.17) is 5.73 Å². The predicted molar refractivity (Wildman–Crippen MR) is 125 cm³/mol. The molecule has 9 heteroatoms. The molecule has 1 aromatic carbocycles. The van der Waals surface area contributed by atoms with E-state index in [0.717, 1.165) is 51.3 Å². The summed E-state index contributed by atoms with van der Waals surface area (Å²) in [4.78, 5) is 33.1. The van der Waals surface area contributed by atoms with E-state index in [-0.39, 0.29) is 11.8 Å². The SMILES string of the molecule is CCN(Cc1ccc(-n2ccc(NC(=O)N3CCNCC3)nc2=O)cc1)CC1CC(N)C1. The van der Waals surface area contributed by atoms with Crippen molar-refractivity contribution in [3.05, 3.63) is 52.6 Å². The van der Waals surface area contributed by atoms with Gasteiger partial charge in [-0.05, 0) is 49.1 Å². The lowest BCUT2D eigenvalue weighted by Gasteiger charge is -2.36. The van der Waals surface area contributed by atoms with Gasteiger partial charge in [0.25, 0.3) is 0 Å². The van der Waals surface area contributed by atoms with E-state index in [1.165, 1.54) is 10.1 Å². The highest BCUT2D eigenvalue weighted by Gasteiger charge is 2.27. The Morgan fingerprint density at radius 1 is 1.22 bits per heavy atom. The van der Waals surface area contributed by atoms with Gasteiger partial charge in [-0.1, -0.05) is 19.1 Å². The fourth-order valence-electron chi connectivity index (χ4n) is 4.35. The summed E-state index contributed by atoms with van der Waals surface area (Å²) in [6, 6.07) is 9.78. The second-order valence-corrected chi connectivity index (χ2v) is 8.72. The lowest BCUT2D eigenvalue weighted by Crippen LogP contribution is -2.48. The van der Waals surface area contributed by atoms with Crippen molar-refractivity contribution in [2.75, 3.05) is 44.6 Å². The van der Waals surface area contributed by atoms with Crippen molar-refractivity contribution in [3.63, 3.8) is 0 Å². The molecule has 0 spiro atoms. The van der Waals surface area contributed by atoms with Crippen LogP contribution in [0.2, 0.25) is 0 Å². The number of hydrogen-bond donors (Lipinski definition) is 3. The molecular weight excluding hydrogens is 406 g/mol. The third-order valence-electron chi connectivity index (χ3n) is 6.30. The lowest BCUT2D eigenvalue weighted by atomic mass is 9.80. The second-order valence-electron chi connectivity index (χ2n) is 8.72. The van der Waals surface area contributed by atoms with Crippen molar-refractivity contribution in [1.82, 2.24) is 24.7 Å². The summed E-state index contributed by atoms with van der Waals surface area (Å²) < 4.78 is 1.48. The van der Waals surface area contributed by atoms with Gasteiger partial charge in [-0.25, -0.2) is 9.59 Å². The molecule has 1 aliphatic carbocycles. The number of benzene rings is 1. The first-order valence-corrected chi connectivity index (χ1v) is 11.5. The van der Waals surface area contributed by atoms with Crippen molar-refractivity contribution in [3.8, 4) is 5.69 Å². The number of anilines is 1. The number of piperazine rings is 1. The van der Waals surface area contributed by atoms with E-state index in [2.05, 4.69) is 39.6 Å². The maximum absolute atomic E-state index is 12.6. The number of amides is 2. The molecule has 2 fully saturated rings. The van der Waals surface area contributed by atoms with Gasteiger partial charge < -0.3 is 16.0 Å². The Hall–Kier alpha value is -2.75. The zero-order valence-corrected chi connectivity index (χ0v) is 18.7. The normalized spacial score (nSPS) is 20.8. The molecule has 172 valence electrons. The van der Waals surface area contributed by atoms with Gasteiger partial charge in [0, 0.05) is 51.5 Å². The van der Waals surface area contributed by atoms with Crippen molar-refractivity contribution >= 4 is 11.8 Å². The van der Waals surface area contributed by atoms with E-state index >= 15 is 0 Å². The van der Waals surface area contributed by atoms with Crippen LogP contribution in [-0.4, -0.2) is 70.7 Å². The summed E-state index contributed by atoms with van der Waals surface area (Å²) in [5.41, 5.74) is 7.45. The molecule has 0 atom stereocenters. The van der Waals surface area contributed by atoms with Crippen LogP contribution in [0.25, 0.3) is 5.69 Å². The fraction of sp³-hybridized carbons (Fsp3) is 0.522. The zero-order valence-electron chi connectivity index (χ0n) is 18.7. The van der Waals surface area contributed by atoms with E-state index < -0.39 is 5.69 Å². The number of carbonyl (C=O) groups excluding carboxylic acids is 1. The van der Waals surface area contributed by atoms with Gasteiger partial charge in [0.05, 0.1) is 5.69 Å². The molecule has 4 N–H and O–H groups in total. The van der Waals surface area contributed by atoms with Gasteiger partial charge in [0.1, 0.15) is 5.82 Å². The maximum atomic E-state index is 12.6. The van der Waals surface area contributed by atoms with Gasteiger partial charge >= 0.3 is 11.7 Å². The first-order valence-electron chi connectivity index (χ1n) is 11.5. The monoisotopic (exact) mass is 439 g/mol. The Kier molecular flexibility index (Phi) is 7.19. The standard InChI is InChI=1S/C23H33N7O2/c1-2-28(16-18-13-19(24)14-18)15-17-3-5-20(6-4-17)30-10-7-21(27-23(30)32)26-22(31)29-11-8-25-9-12-29/h3-7,10,18-19,25H,2,8-9,11-16,24H2,1H3,(H,26,27,31,32). The summed E-state index contributed by atoms with van der Waals surface area (Å²) in [7, 11) is 0. The molecule has 2 heterocycles. The third-order valence-corrected chi connectivity index (χ3v) is 6.30. The molecule has 9 nitrogen and oxygen atoms in total. The Morgan fingerprint density at radius 3 is 2.56 bits per heavy atom. The molecule has 1 aromatic heterocycles. The van der Waals surface area contributed by atoms with Gasteiger partial charge in [-0.3, -0.25) is 14.8 Å². The highest BCUT2D eigenvalue weighted by atomic mass is 16.2. The van der Waals surface area contributed by atoms with Crippen LogP contribution in [0.4, 0.5) is 10.6 Å². The third kappa shape index (κ3) is 5.53. The first kappa shape index (κ1) is 22.4. The topological polar surface area (TPSA) is 109 Å². The average molecular weight is 440 g/mol. The van der Waals surface area contributed by atoms with Crippen LogP contribution >= 0.6 is 0 Å². The molecule has 0 bridgehead atoms. The molecule has 0 radical (unpaired) electrons. The molecule has 2 aromatic rings. The number of carbonyl (C=O) groups is 1. The fourth-order valence-corrected chi connectivity index (χ4v) is 4.35. The minimum Gasteiger partial charge on any atom is -0.328 e. The van der Waals surface area contributed by atoms with Crippen LogP contribution in [0.3, 0.4) is 0 Å². The molecule has 4 rings (SSSR count). The summed E-state index contributed by atoms with van der Waals surface area (Å²) in [5.74, 6) is 0.972. The Morgan fingerprint density at radius 2 is 1.94 bits per heavy atom. The Balaban J connectivity index is 1.36. The summed E-state index contributed by atoms with van der Waals surface area (Å²) in [6.45, 7) is 7.95. The van der Waals surface area contributed by atoms with E-state index in [1.54, 1.807) is 17.2 Å². The van der Waals surface area contributed by atoms with Crippen molar-refractivity contribution < 1.29 is 4.79 Å². The Bertz CT molecular complexity index is 963. The predicted octanol–water partition coefficient (Wildman–Crippen LogP) is 1.23. The van der Waals surface area contributed by atoms with Gasteiger partial charge in [0.15, 0.2) is 0 Å². The number of nitrogens with zero attached hydrogens (tertiary/aromatic N) is 4. The summed E-state index contributed by atoms with van der Waals surface area (Å²) in [6.07, 6.45) is 3.89. The van der Waals surface area contributed by atoms with E-state index in [0.29, 0.717) is 25.0 Å². The van der Waals surface area contributed by atoms with E-state index in [1.807, 2.05) is 12.1 Å². The molecule has 0 unspecified atom stereocenters. The molecule has 1 saturated carbocycles. The van der Waals surface area contributed by atoms with Crippen LogP contribution in [-0.2, 0) is 6.54 Å². The van der Waals surface area contributed by atoms with Crippen LogP contribution < -0.4 is 22.1 Å². The highest BCUT2D eigenvalue weighted by Crippen LogP contribution is 2.26. The summed E-state index contributed by atoms with van der Waals surface area (Å²) in [5, 5.41) is 5.92. The smallest absolute Gasteiger partial charge is 0.328 e. The molecule has 32 heavy (non-hydrogen) atoms. The summed E-state index contributed by atoms with van der Waals surface area (Å²) >= 11 is 0. The van der Waals surface area contributed by atoms with E-state index in [9.17, 15) is 9.59 Å². The van der Waals surface area contributed by atoms with Gasteiger partial charge in [-0.15, -0.1) is 0 Å². The molecule has 2 amide bonds. The number of rotatable bonds is 7. The van der Waals surface area contributed by atoms with Gasteiger partial charge in [-0.2, -0.15) is 4.98 Å². The largest absolute Gasteiger partial charge is 0.354 e. The highest BCUT2D eigenvalue weighted by molar-refractivity contribution is 5.88. The number of hydrogen-bond acceptors (Lipinski definition) is 6. The van der Waals surface area contributed by atoms with Crippen molar-refractivity contribution in [1.29, 1.82) is 0 Å². The first-order chi connectivity index (χ1) is 15.5. The van der Waals surface area contributed by atoms with Crippen LogP contribution in [0.5, 0.6) is 0 Å². The van der Waals surface area contributed by atoms with Crippen LogP contribution in [0.15, 0.2) is 41.3 Å². The average Bonchev–Trinajstić information content (AvgIpc) is 2.79. The number of nitrogens with two attached hydrogens (primary N) is 1. The number of urea groups is 1. The molecule has 1 aliphatic heterocycles.